The Morgan fingerprint density at radius 1 is 0.935 bits per heavy atom. The summed E-state index contributed by atoms with van der Waals surface area (Å²) < 4.78 is 38.7. The van der Waals surface area contributed by atoms with Crippen molar-refractivity contribution in [3.8, 4) is 11.5 Å². The second-order valence-corrected chi connectivity index (χ2v) is 9.80. The van der Waals surface area contributed by atoms with Crippen LogP contribution in [0, 0.1) is 11.8 Å². The molecular weight excluding hydrogens is 416 g/mol. The lowest BCUT2D eigenvalue weighted by atomic mass is 9.93. The second kappa shape index (κ2) is 10.5. The maximum Gasteiger partial charge on any atom is 0.264 e. The van der Waals surface area contributed by atoms with Crippen molar-refractivity contribution in [2.24, 2.45) is 11.8 Å². The zero-order chi connectivity index (χ0) is 23.2. The maximum absolute atomic E-state index is 13.5. The maximum atomic E-state index is 13.5. The van der Waals surface area contributed by atoms with E-state index in [0.29, 0.717) is 17.2 Å². The van der Waals surface area contributed by atoms with Crippen LogP contribution in [0.3, 0.4) is 0 Å². The molecule has 0 fully saturated rings. The van der Waals surface area contributed by atoms with Gasteiger partial charge in [0.2, 0.25) is 5.91 Å². The Bertz CT molecular complexity index is 964. The minimum atomic E-state index is -4.05. The molecule has 0 aromatic heterocycles. The molecule has 0 aliphatic carbocycles. The van der Waals surface area contributed by atoms with Gasteiger partial charge >= 0.3 is 0 Å². The molecule has 0 atom stereocenters. The lowest BCUT2D eigenvalue weighted by molar-refractivity contribution is -0.121. The van der Waals surface area contributed by atoms with Crippen LogP contribution in [0.15, 0.2) is 53.4 Å². The largest absolute Gasteiger partial charge is 0.497 e. The first kappa shape index (κ1) is 24.5. The van der Waals surface area contributed by atoms with E-state index in [9.17, 15) is 13.2 Å². The van der Waals surface area contributed by atoms with E-state index in [1.165, 1.54) is 26.4 Å². The number of sulfonamides is 1. The number of carbonyl (C=O) groups is 1. The van der Waals surface area contributed by atoms with Crippen LogP contribution >= 0.6 is 0 Å². The Kier molecular flexibility index (Phi) is 8.33. The fraction of sp³-hybridized carbons (Fsp3) is 0.435. The smallest absolute Gasteiger partial charge is 0.264 e. The summed E-state index contributed by atoms with van der Waals surface area (Å²) in [6.07, 6.45) is 0. The summed E-state index contributed by atoms with van der Waals surface area (Å²) in [5, 5.41) is 2.99. The number of carbonyl (C=O) groups excluding carboxylic acids is 1. The van der Waals surface area contributed by atoms with E-state index in [0.717, 1.165) is 4.31 Å². The van der Waals surface area contributed by atoms with E-state index in [-0.39, 0.29) is 35.2 Å². The molecule has 0 spiro atoms. The number of nitrogens with zero attached hydrogens (tertiary/aromatic N) is 1. The van der Waals surface area contributed by atoms with Crippen LogP contribution in [-0.4, -0.2) is 41.1 Å². The van der Waals surface area contributed by atoms with Gasteiger partial charge in [0.25, 0.3) is 10.0 Å². The average molecular weight is 449 g/mol. The second-order valence-electron chi connectivity index (χ2n) is 7.94. The molecule has 0 aliphatic rings. The summed E-state index contributed by atoms with van der Waals surface area (Å²) in [4.78, 5) is 13.0. The number of nitrogens with one attached hydrogen (secondary N) is 1. The Labute approximate surface area is 185 Å². The number of amides is 1. The Hall–Kier alpha value is -2.74. The van der Waals surface area contributed by atoms with E-state index < -0.39 is 10.0 Å². The first-order chi connectivity index (χ1) is 14.6. The minimum Gasteiger partial charge on any atom is -0.497 e. The molecule has 0 unspecified atom stereocenters. The monoisotopic (exact) mass is 448 g/mol. The van der Waals surface area contributed by atoms with Gasteiger partial charge in [0.15, 0.2) is 0 Å². The molecule has 7 nitrogen and oxygen atoms in total. The first-order valence-corrected chi connectivity index (χ1v) is 11.6. The Morgan fingerprint density at radius 3 is 2.03 bits per heavy atom. The summed E-state index contributed by atoms with van der Waals surface area (Å²) in [5.41, 5.74) is 0.293. The number of rotatable bonds is 10. The third kappa shape index (κ3) is 5.91. The van der Waals surface area contributed by atoms with E-state index in [2.05, 4.69) is 5.32 Å². The van der Waals surface area contributed by atoms with Crippen LogP contribution < -0.4 is 19.1 Å². The van der Waals surface area contributed by atoms with Crippen LogP contribution in [0.4, 0.5) is 5.69 Å². The molecule has 1 N–H and O–H groups in total. The number of anilines is 1. The first-order valence-electron chi connectivity index (χ1n) is 10.2. The van der Waals surface area contributed by atoms with Gasteiger partial charge in [-0.25, -0.2) is 8.42 Å². The lowest BCUT2D eigenvalue weighted by Gasteiger charge is -2.29. The van der Waals surface area contributed by atoms with E-state index in [1.54, 1.807) is 36.4 Å². The van der Waals surface area contributed by atoms with Gasteiger partial charge in [-0.15, -0.1) is 0 Å². The van der Waals surface area contributed by atoms with Crippen LogP contribution in [-0.2, 0) is 14.8 Å². The molecule has 8 heteroatoms. The highest BCUT2D eigenvalue weighted by molar-refractivity contribution is 7.92. The van der Waals surface area contributed by atoms with Gasteiger partial charge in [0.05, 0.1) is 24.8 Å². The zero-order valence-corrected chi connectivity index (χ0v) is 19.8. The molecule has 0 heterocycles. The van der Waals surface area contributed by atoms with Crippen molar-refractivity contribution in [2.75, 3.05) is 25.1 Å². The van der Waals surface area contributed by atoms with Gasteiger partial charge in [0.1, 0.15) is 18.0 Å². The number of benzene rings is 2. The van der Waals surface area contributed by atoms with Crippen LogP contribution in [0.2, 0.25) is 0 Å². The Morgan fingerprint density at radius 2 is 1.52 bits per heavy atom. The highest BCUT2D eigenvalue weighted by Gasteiger charge is 2.30. The minimum absolute atomic E-state index is 0.0521. The third-order valence-corrected chi connectivity index (χ3v) is 6.83. The molecule has 0 saturated carbocycles. The molecule has 0 bridgehead atoms. The van der Waals surface area contributed by atoms with Gasteiger partial charge in [0, 0.05) is 6.04 Å². The fourth-order valence-corrected chi connectivity index (χ4v) is 4.91. The van der Waals surface area contributed by atoms with Crippen molar-refractivity contribution in [1.29, 1.82) is 0 Å². The summed E-state index contributed by atoms with van der Waals surface area (Å²) in [5.74, 6) is 0.938. The predicted molar refractivity (Wildman–Crippen MR) is 122 cm³/mol. The quantitative estimate of drug-likeness (QED) is 0.599. The van der Waals surface area contributed by atoms with Crippen molar-refractivity contribution in [3.63, 3.8) is 0 Å². The van der Waals surface area contributed by atoms with Gasteiger partial charge in [-0.2, -0.15) is 0 Å². The number of ether oxygens (including phenoxy) is 2. The number of hydrogen-bond acceptors (Lipinski definition) is 5. The molecule has 1 amide bonds. The lowest BCUT2D eigenvalue weighted by Crippen LogP contribution is -2.48. The zero-order valence-electron chi connectivity index (χ0n) is 19.0. The number of hydrogen-bond donors (Lipinski definition) is 1. The fourth-order valence-electron chi connectivity index (χ4n) is 3.48. The van der Waals surface area contributed by atoms with Gasteiger partial charge in [-0.1, -0.05) is 39.8 Å². The van der Waals surface area contributed by atoms with Gasteiger partial charge < -0.3 is 14.8 Å². The summed E-state index contributed by atoms with van der Waals surface area (Å²) in [6, 6.07) is 12.7. The van der Waals surface area contributed by atoms with Crippen molar-refractivity contribution >= 4 is 21.6 Å². The van der Waals surface area contributed by atoms with Gasteiger partial charge in [-0.05, 0) is 48.2 Å². The molecule has 0 aliphatic heterocycles. The SMILES string of the molecule is COc1ccc(S(=O)(=O)N(CC(=O)NC(C(C)C)C(C)C)c2ccccc2OC)cc1. The topological polar surface area (TPSA) is 84.9 Å². The number of para-hydroxylation sites is 2. The van der Waals surface area contributed by atoms with Crippen LogP contribution in [0.5, 0.6) is 11.5 Å². The molecule has 2 aromatic carbocycles. The summed E-state index contributed by atoms with van der Waals surface area (Å²) in [6.45, 7) is 7.73. The normalized spacial score (nSPS) is 11.6. The number of methoxy groups -OCH3 is 2. The molecule has 0 saturated heterocycles. The van der Waals surface area contributed by atoms with E-state index in [4.69, 9.17) is 9.47 Å². The van der Waals surface area contributed by atoms with Crippen LogP contribution in [0.1, 0.15) is 27.7 Å². The van der Waals surface area contributed by atoms with Crippen molar-refractivity contribution in [3.05, 3.63) is 48.5 Å². The van der Waals surface area contributed by atoms with Crippen molar-refractivity contribution in [1.82, 2.24) is 5.32 Å². The standard InChI is InChI=1S/C23H32N2O5S/c1-16(2)23(17(3)4)24-22(26)15-25(20-9-7-8-10-21(20)30-6)31(27,28)19-13-11-18(29-5)12-14-19/h7-14,16-17,23H,15H2,1-6H3,(H,24,26). The molecule has 170 valence electrons. The van der Waals surface area contributed by atoms with Crippen LogP contribution in [0.25, 0.3) is 0 Å². The molecule has 2 rings (SSSR count). The summed E-state index contributed by atoms with van der Waals surface area (Å²) in [7, 11) is -1.07. The predicted octanol–water partition coefficient (Wildman–Crippen LogP) is 3.70. The molecule has 0 radical (unpaired) electrons. The average Bonchev–Trinajstić information content (AvgIpc) is 2.75. The summed E-state index contributed by atoms with van der Waals surface area (Å²) >= 11 is 0. The Balaban J connectivity index is 2.47. The molecule has 31 heavy (non-hydrogen) atoms. The van der Waals surface area contributed by atoms with Gasteiger partial charge in [-0.3, -0.25) is 9.10 Å². The van der Waals surface area contributed by atoms with E-state index in [1.807, 2.05) is 27.7 Å². The van der Waals surface area contributed by atoms with E-state index >= 15 is 0 Å². The van der Waals surface area contributed by atoms with Crippen molar-refractivity contribution in [2.45, 2.75) is 38.6 Å². The highest BCUT2D eigenvalue weighted by Crippen LogP contribution is 2.32. The molecular formula is C23H32N2O5S. The van der Waals surface area contributed by atoms with Crippen molar-refractivity contribution < 1.29 is 22.7 Å². The molecule has 2 aromatic rings. The highest BCUT2D eigenvalue weighted by atomic mass is 32.2. The third-order valence-electron chi connectivity index (χ3n) is 5.05.